The van der Waals surface area contributed by atoms with Crippen molar-refractivity contribution in [1.29, 1.82) is 0 Å². The van der Waals surface area contributed by atoms with E-state index in [1.54, 1.807) is 49.0 Å². The second-order valence-corrected chi connectivity index (χ2v) is 7.70. The van der Waals surface area contributed by atoms with Crippen molar-refractivity contribution in [2.75, 3.05) is 6.61 Å². The molecule has 2 heterocycles. The Morgan fingerprint density at radius 1 is 1.16 bits per heavy atom. The first-order valence-electron chi connectivity index (χ1n) is 10.1. The number of halogens is 1. The highest BCUT2D eigenvalue weighted by Crippen LogP contribution is 2.35. The molecule has 164 valence electrons. The lowest BCUT2D eigenvalue weighted by atomic mass is 9.94. The number of ether oxygens (including phenoxy) is 1. The van der Waals surface area contributed by atoms with Crippen LogP contribution >= 0.6 is 11.6 Å². The van der Waals surface area contributed by atoms with Crippen molar-refractivity contribution in [1.82, 2.24) is 25.2 Å². The first kappa shape index (κ1) is 21.6. The lowest BCUT2D eigenvalue weighted by molar-refractivity contribution is -0.139. The van der Waals surface area contributed by atoms with Gasteiger partial charge in [0, 0.05) is 16.3 Å². The second kappa shape index (κ2) is 9.23. The van der Waals surface area contributed by atoms with Crippen LogP contribution in [0.25, 0.3) is 11.3 Å². The van der Waals surface area contributed by atoms with Crippen LogP contribution in [0.15, 0.2) is 72.1 Å². The number of hydrogen-bond acceptors (Lipinski definition) is 5. The van der Waals surface area contributed by atoms with Crippen molar-refractivity contribution in [3.8, 4) is 11.3 Å². The summed E-state index contributed by atoms with van der Waals surface area (Å²) in [5, 5.41) is 11.7. The summed E-state index contributed by atoms with van der Waals surface area (Å²) < 4.78 is 6.85. The molecule has 1 aromatic heterocycles. The number of carbonyl (C=O) groups is 2. The number of amides is 2. The van der Waals surface area contributed by atoms with Crippen LogP contribution in [0.5, 0.6) is 0 Å². The van der Waals surface area contributed by atoms with Gasteiger partial charge in [-0.25, -0.2) is 14.3 Å². The number of allylic oxidation sites excluding steroid dienone is 1. The third kappa shape index (κ3) is 4.36. The minimum atomic E-state index is -0.676. The number of urea groups is 1. The third-order valence-electron chi connectivity index (χ3n) is 5.13. The standard InChI is InChI=1S/C23H22ClN5O3/c1-3-32-22(30)20-15(2)25-23(31)29(21(20)17-9-11-18(24)12-10-17)14-28-13-19(26-27-28)16-7-5-4-6-8-16/h4-13,21H,3,14H2,1-2H3,(H,25,31). The number of aromatic nitrogens is 3. The average Bonchev–Trinajstić information content (AvgIpc) is 3.25. The van der Waals surface area contributed by atoms with Crippen LogP contribution in [-0.2, 0) is 16.2 Å². The molecule has 4 rings (SSSR count). The van der Waals surface area contributed by atoms with E-state index in [1.807, 2.05) is 30.3 Å². The maximum Gasteiger partial charge on any atom is 0.338 e. The SMILES string of the molecule is CCOC(=O)C1=C(C)NC(=O)N(Cn2cc(-c3ccccc3)nn2)C1c1ccc(Cl)cc1. The lowest BCUT2D eigenvalue weighted by Gasteiger charge is -2.37. The van der Waals surface area contributed by atoms with Gasteiger partial charge < -0.3 is 10.1 Å². The Labute approximate surface area is 190 Å². The molecular formula is C23H22ClN5O3. The van der Waals surface area contributed by atoms with Gasteiger partial charge in [0.2, 0.25) is 0 Å². The monoisotopic (exact) mass is 451 g/mol. The van der Waals surface area contributed by atoms with Gasteiger partial charge in [-0.05, 0) is 31.5 Å². The van der Waals surface area contributed by atoms with Gasteiger partial charge >= 0.3 is 12.0 Å². The number of benzene rings is 2. The largest absolute Gasteiger partial charge is 0.463 e. The zero-order valence-electron chi connectivity index (χ0n) is 17.7. The Bertz CT molecular complexity index is 1160. The Balaban J connectivity index is 1.72. The summed E-state index contributed by atoms with van der Waals surface area (Å²) in [5.74, 6) is -0.487. The van der Waals surface area contributed by atoms with Crippen molar-refractivity contribution in [3.05, 3.63) is 82.7 Å². The first-order chi connectivity index (χ1) is 15.5. The molecule has 0 saturated carbocycles. The number of esters is 1. The molecule has 0 aliphatic carbocycles. The molecule has 3 aromatic rings. The predicted molar refractivity (Wildman–Crippen MR) is 119 cm³/mol. The van der Waals surface area contributed by atoms with Crippen LogP contribution in [0.4, 0.5) is 4.79 Å². The summed E-state index contributed by atoms with van der Waals surface area (Å²) >= 11 is 6.06. The molecule has 2 aromatic carbocycles. The zero-order valence-corrected chi connectivity index (χ0v) is 18.4. The summed E-state index contributed by atoms with van der Waals surface area (Å²) in [6.45, 7) is 3.73. The van der Waals surface area contributed by atoms with E-state index in [-0.39, 0.29) is 19.3 Å². The second-order valence-electron chi connectivity index (χ2n) is 7.26. The fraction of sp³-hybridized carbons (Fsp3) is 0.217. The number of carbonyl (C=O) groups excluding carboxylic acids is 2. The molecular weight excluding hydrogens is 430 g/mol. The third-order valence-corrected chi connectivity index (χ3v) is 5.38. The van der Waals surface area contributed by atoms with E-state index in [9.17, 15) is 9.59 Å². The van der Waals surface area contributed by atoms with Gasteiger partial charge in [0.15, 0.2) is 0 Å². The number of nitrogens with zero attached hydrogens (tertiary/aromatic N) is 4. The maximum atomic E-state index is 13.0. The van der Waals surface area contributed by atoms with Crippen molar-refractivity contribution >= 4 is 23.6 Å². The van der Waals surface area contributed by atoms with E-state index in [0.717, 1.165) is 11.1 Å². The Hall–Kier alpha value is -3.65. The summed E-state index contributed by atoms with van der Waals surface area (Å²) in [7, 11) is 0. The Morgan fingerprint density at radius 2 is 1.88 bits per heavy atom. The fourth-order valence-corrected chi connectivity index (χ4v) is 3.78. The van der Waals surface area contributed by atoms with Crippen molar-refractivity contribution in [2.24, 2.45) is 0 Å². The molecule has 32 heavy (non-hydrogen) atoms. The normalized spacial score (nSPS) is 16.2. The van der Waals surface area contributed by atoms with Crippen molar-refractivity contribution in [3.63, 3.8) is 0 Å². The van der Waals surface area contributed by atoms with Crippen LogP contribution in [0.1, 0.15) is 25.5 Å². The summed E-state index contributed by atoms with van der Waals surface area (Å²) in [4.78, 5) is 27.4. The first-order valence-corrected chi connectivity index (χ1v) is 10.5. The molecule has 2 amide bonds. The molecule has 0 saturated heterocycles. The number of rotatable bonds is 6. The van der Waals surface area contributed by atoms with Gasteiger partial charge in [-0.1, -0.05) is 59.3 Å². The molecule has 0 spiro atoms. The van der Waals surface area contributed by atoms with Gasteiger partial charge in [-0.15, -0.1) is 5.10 Å². The van der Waals surface area contributed by atoms with Crippen LogP contribution in [0, 0.1) is 0 Å². The van der Waals surface area contributed by atoms with Crippen molar-refractivity contribution < 1.29 is 14.3 Å². The Morgan fingerprint density at radius 3 is 2.56 bits per heavy atom. The highest BCUT2D eigenvalue weighted by Gasteiger charge is 2.38. The van der Waals surface area contributed by atoms with Gasteiger partial charge in [0.05, 0.1) is 24.4 Å². The van der Waals surface area contributed by atoms with E-state index in [2.05, 4.69) is 15.6 Å². The van der Waals surface area contributed by atoms with Crippen LogP contribution < -0.4 is 5.32 Å². The molecule has 0 bridgehead atoms. The Kier molecular flexibility index (Phi) is 6.23. The topological polar surface area (TPSA) is 89.4 Å². The van der Waals surface area contributed by atoms with Crippen LogP contribution in [0.3, 0.4) is 0 Å². The average molecular weight is 452 g/mol. The maximum absolute atomic E-state index is 13.0. The predicted octanol–water partition coefficient (Wildman–Crippen LogP) is 4.16. The van der Waals surface area contributed by atoms with Crippen molar-refractivity contribution in [2.45, 2.75) is 26.6 Å². The lowest BCUT2D eigenvalue weighted by Crippen LogP contribution is -2.49. The molecule has 0 radical (unpaired) electrons. The number of nitrogens with one attached hydrogen (secondary N) is 1. The molecule has 1 aliphatic heterocycles. The molecule has 1 atom stereocenters. The van der Waals surface area contributed by atoms with E-state index >= 15 is 0 Å². The quantitative estimate of drug-likeness (QED) is 0.568. The summed E-state index contributed by atoms with van der Waals surface area (Å²) in [6.07, 6.45) is 1.76. The summed E-state index contributed by atoms with van der Waals surface area (Å²) in [6, 6.07) is 15.6. The minimum Gasteiger partial charge on any atom is -0.463 e. The van der Waals surface area contributed by atoms with E-state index in [1.165, 1.54) is 4.90 Å². The number of hydrogen-bond donors (Lipinski definition) is 1. The molecule has 0 fully saturated rings. The van der Waals surface area contributed by atoms with Gasteiger partial charge in [-0.2, -0.15) is 0 Å². The molecule has 1 aliphatic rings. The van der Waals surface area contributed by atoms with E-state index in [4.69, 9.17) is 16.3 Å². The van der Waals surface area contributed by atoms with Gasteiger partial charge in [0.25, 0.3) is 0 Å². The minimum absolute atomic E-state index is 0.0785. The van der Waals surface area contributed by atoms with Crippen LogP contribution in [-0.4, -0.2) is 38.5 Å². The highest BCUT2D eigenvalue weighted by atomic mass is 35.5. The molecule has 1 N–H and O–H groups in total. The van der Waals surface area contributed by atoms with Gasteiger partial charge in [-0.3, -0.25) is 4.90 Å². The smallest absolute Gasteiger partial charge is 0.338 e. The zero-order chi connectivity index (χ0) is 22.7. The fourth-order valence-electron chi connectivity index (χ4n) is 3.65. The molecule has 1 unspecified atom stereocenters. The van der Waals surface area contributed by atoms with E-state index in [0.29, 0.717) is 22.0 Å². The molecule has 9 heteroatoms. The molecule has 8 nitrogen and oxygen atoms in total. The van der Waals surface area contributed by atoms with Crippen LogP contribution in [0.2, 0.25) is 5.02 Å². The van der Waals surface area contributed by atoms with E-state index < -0.39 is 12.0 Å². The van der Waals surface area contributed by atoms with Gasteiger partial charge in [0.1, 0.15) is 12.4 Å². The highest BCUT2D eigenvalue weighted by molar-refractivity contribution is 6.30. The summed E-state index contributed by atoms with van der Waals surface area (Å²) in [5.41, 5.74) is 3.14.